The molecule has 1 saturated heterocycles. The summed E-state index contributed by atoms with van der Waals surface area (Å²) in [5.74, 6) is -0.713. The third kappa shape index (κ3) is 6.32. The summed E-state index contributed by atoms with van der Waals surface area (Å²) < 4.78 is 44.3. The van der Waals surface area contributed by atoms with Crippen LogP contribution in [0.25, 0.3) is 0 Å². The molecule has 2 atom stereocenters. The molecule has 2 heterocycles. The molecule has 4 rings (SSSR count). The summed E-state index contributed by atoms with van der Waals surface area (Å²) in [6.07, 6.45) is -2.71. The van der Waals surface area contributed by atoms with Crippen molar-refractivity contribution in [1.82, 2.24) is 10.3 Å². The van der Waals surface area contributed by atoms with Crippen LogP contribution in [0.4, 0.5) is 19.0 Å². The van der Waals surface area contributed by atoms with Crippen molar-refractivity contribution >= 4 is 29.3 Å². The standard InChI is InChI=1S/C26H23ClF3N3O4/c1-15(16-2-4-17(5-3-16)25(35)36)32-24(34)22-12-19(27)13-31-23(22)33-11-10-21(14-33)37-20-8-6-18(7-9-20)26(28,29)30/h2-9,12-13,15,21H,10-11,14H2,1H3,(H,32,34)(H,35,36)/t15-,21?/m0/s1. The first-order valence-electron chi connectivity index (χ1n) is 11.4. The molecule has 0 bridgehead atoms. The average Bonchev–Trinajstić information content (AvgIpc) is 3.32. The predicted octanol–water partition coefficient (Wildman–Crippen LogP) is 5.60. The number of amides is 1. The first-order chi connectivity index (χ1) is 17.5. The first kappa shape index (κ1) is 26.3. The number of rotatable bonds is 7. The van der Waals surface area contributed by atoms with Crippen molar-refractivity contribution in [2.45, 2.75) is 31.7 Å². The summed E-state index contributed by atoms with van der Waals surface area (Å²) in [7, 11) is 0. The Morgan fingerprint density at radius 2 is 1.84 bits per heavy atom. The van der Waals surface area contributed by atoms with Crippen LogP contribution >= 0.6 is 11.6 Å². The number of ether oxygens (including phenoxy) is 1. The van der Waals surface area contributed by atoms with Crippen molar-refractivity contribution in [3.05, 3.63) is 88.1 Å². The quantitative estimate of drug-likeness (QED) is 0.411. The molecule has 1 aromatic heterocycles. The number of carboxylic acids is 1. The van der Waals surface area contributed by atoms with Crippen LogP contribution in [0.5, 0.6) is 5.75 Å². The minimum Gasteiger partial charge on any atom is -0.489 e. The molecule has 11 heteroatoms. The lowest BCUT2D eigenvalue weighted by Gasteiger charge is -2.22. The molecular weight excluding hydrogens is 511 g/mol. The number of carbonyl (C=O) groups excluding carboxylic acids is 1. The second-order valence-electron chi connectivity index (χ2n) is 8.64. The number of halogens is 4. The predicted molar refractivity (Wildman–Crippen MR) is 131 cm³/mol. The molecule has 0 saturated carbocycles. The summed E-state index contributed by atoms with van der Waals surface area (Å²) in [6, 6.07) is 11.8. The van der Waals surface area contributed by atoms with Crippen molar-refractivity contribution < 1.29 is 32.6 Å². The number of benzene rings is 2. The fourth-order valence-corrected chi connectivity index (χ4v) is 4.21. The first-order valence-corrected chi connectivity index (χ1v) is 11.8. The van der Waals surface area contributed by atoms with E-state index in [1.807, 2.05) is 4.90 Å². The molecule has 0 radical (unpaired) electrons. The van der Waals surface area contributed by atoms with E-state index in [2.05, 4.69) is 10.3 Å². The zero-order valence-corrected chi connectivity index (χ0v) is 20.4. The van der Waals surface area contributed by atoms with Gasteiger partial charge in [0, 0.05) is 19.2 Å². The van der Waals surface area contributed by atoms with Crippen LogP contribution in [0.2, 0.25) is 5.02 Å². The van der Waals surface area contributed by atoms with Gasteiger partial charge in [0.05, 0.1) is 34.3 Å². The monoisotopic (exact) mass is 533 g/mol. The third-order valence-corrected chi connectivity index (χ3v) is 6.22. The molecule has 1 unspecified atom stereocenters. The van der Waals surface area contributed by atoms with Gasteiger partial charge >= 0.3 is 12.1 Å². The number of anilines is 1. The van der Waals surface area contributed by atoms with Crippen LogP contribution in [0.15, 0.2) is 60.8 Å². The number of carboxylic acid groups (broad SMARTS) is 1. The normalized spacial score (nSPS) is 16.4. The Morgan fingerprint density at radius 3 is 2.46 bits per heavy atom. The Labute approximate surface area is 215 Å². The van der Waals surface area contributed by atoms with Gasteiger partial charge in [-0.1, -0.05) is 23.7 Å². The van der Waals surface area contributed by atoms with E-state index in [0.717, 1.165) is 17.7 Å². The highest BCUT2D eigenvalue weighted by Crippen LogP contribution is 2.31. The maximum Gasteiger partial charge on any atom is 0.416 e. The van der Waals surface area contributed by atoms with Crippen LogP contribution in [-0.2, 0) is 6.18 Å². The summed E-state index contributed by atoms with van der Waals surface area (Å²) in [5.41, 5.74) is 0.379. The number of nitrogens with zero attached hydrogens (tertiary/aromatic N) is 2. The lowest BCUT2D eigenvalue weighted by atomic mass is 10.1. The van der Waals surface area contributed by atoms with Crippen LogP contribution in [0.3, 0.4) is 0 Å². The Hall–Kier alpha value is -3.79. The van der Waals surface area contributed by atoms with E-state index in [1.165, 1.54) is 36.5 Å². The number of aromatic nitrogens is 1. The Kier molecular flexibility index (Phi) is 7.58. The molecular formula is C26H23ClF3N3O4. The molecule has 37 heavy (non-hydrogen) atoms. The maximum atomic E-state index is 13.2. The van der Waals surface area contributed by atoms with Gasteiger partial charge in [0.25, 0.3) is 5.91 Å². The number of aromatic carboxylic acids is 1. The van der Waals surface area contributed by atoms with E-state index in [9.17, 15) is 22.8 Å². The third-order valence-electron chi connectivity index (χ3n) is 6.01. The van der Waals surface area contributed by atoms with Crippen LogP contribution in [0.1, 0.15) is 51.2 Å². The molecule has 3 aromatic rings. The van der Waals surface area contributed by atoms with Crippen molar-refractivity contribution in [1.29, 1.82) is 0 Å². The van der Waals surface area contributed by atoms with E-state index < -0.39 is 29.7 Å². The van der Waals surface area contributed by atoms with Gasteiger partial charge in [-0.3, -0.25) is 4.79 Å². The molecule has 2 N–H and O–H groups in total. The molecule has 194 valence electrons. The number of pyridine rings is 1. The van der Waals surface area contributed by atoms with Gasteiger partial charge in [-0.15, -0.1) is 0 Å². The van der Waals surface area contributed by atoms with Crippen LogP contribution < -0.4 is 15.0 Å². The summed E-state index contributed by atoms with van der Waals surface area (Å²) in [6.45, 7) is 2.67. The van der Waals surface area contributed by atoms with Gasteiger partial charge in [0.2, 0.25) is 0 Å². The minimum absolute atomic E-state index is 0.144. The molecule has 1 aliphatic heterocycles. The summed E-state index contributed by atoms with van der Waals surface area (Å²) in [4.78, 5) is 30.5. The molecule has 1 amide bonds. The minimum atomic E-state index is -4.42. The van der Waals surface area contributed by atoms with Gasteiger partial charge in [0.1, 0.15) is 17.7 Å². The van der Waals surface area contributed by atoms with E-state index in [1.54, 1.807) is 19.1 Å². The van der Waals surface area contributed by atoms with Gasteiger partial charge in [-0.2, -0.15) is 13.2 Å². The molecule has 0 spiro atoms. The van der Waals surface area contributed by atoms with E-state index in [0.29, 0.717) is 31.1 Å². The zero-order valence-electron chi connectivity index (χ0n) is 19.6. The Morgan fingerprint density at radius 1 is 1.16 bits per heavy atom. The smallest absolute Gasteiger partial charge is 0.416 e. The Bertz CT molecular complexity index is 1280. The summed E-state index contributed by atoms with van der Waals surface area (Å²) >= 11 is 6.13. The van der Waals surface area contributed by atoms with Crippen molar-refractivity contribution in [2.24, 2.45) is 0 Å². The highest BCUT2D eigenvalue weighted by molar-refractivity contribution is 6.31. The van der Waals surface area contributed by atoms with E-state index in [4.69, 9.17) is 21.4 Å². The number of hydrogen-bond acceptors (Lipinski definition) is 5. The zero-order chi connectivity index (χ0) is 26.7. The molecule has 1 fully saturated rings. The highest BCUT2D eigenvalue weighted by Gasteiger charge is 2.31. The number of alkyl halides is 3. The molecule has 0 aliphatic carbocycles. The van der Waals surface area contributed by atoms with E-state index >= 15 is 0 Å². The van der Waals surface area contributed by atoms with Crippen molar-refractivity contribution in [3.63, 3.8) is 0 Å². The summed E-state index contributed by atoms with van der Waals surface area (Å²) in [5, 5.41) is 12.2. The van der Waals surface area contributed by atoms with Gasteiger partial charge in [0.15, 0.2) is 0 Å². The lowest BCUT2D eigenvalue weighted by Crippen LogP contribution is -2.31. The number of carbonyl (C=O) groups is 2. The molecule has 7 nitrogen and oxygen atoms in total. The second-order valence-corrected chi connectivity index (χ2v) is 9.08. The van der Waals surface area contributed by atoms with E-state index in [-0.39, 0.29) is 22.3 Å². The van der Waals surface area contributed by atoms with Gasteiger partial charge in [-0.05, 0) is 55.0 Å². The van der Waals surface area contributed by atoms with Gasteiger partial charge < -0.3 is 20.1 Å². The topological polar surface area (TPSA) is 91.8 Å². The average molecular weight is 534 g/mol. The number of hydrogen-bond donors (Lipinski definition) is 2. The molecule has 1 aliphatic rings. The Balaban J connectivity index is 1.44. The SMILES string of the molecule is C[C@H](NC(=O)c1cc(Cl)cnc1N1CCC(Oc2ccc(C(F)(F)F)cc2)C1)c1ccc(C(=O)O)cc1. The van der Waals surface area contributed by atoms with Crippen LogP contribution in [0, 0.1) is 0 Å². The number of nitrogens with one attached hydrogen (secondary N) is 1. The van der Waals surface area contributed by atoms with Gasteiger partial charge in [-0.25, -0.2) is 9.78 Å². The second kappa shape index (κ2) is 10.7. The van der Waals surface area contributed by atoms with Crippen LogP contribution in [-0.4, -0.2) is 41.2 Å². The largest absolute Gasteiger partial charge is 0.489 e. The maximum absolute atomic E-state index is 13.2. The fraction of sp³-hybridized carbons (Fsp3) is 0.269. The lowest BCUT2D eigenvalue weighted by molar-refractivity contribution is -0.137. The highest BCUT2D eigenvalue weighted by atomic mass is 35.5. The molecule has 2 aromatic carbocycles. The van der Waals surface area contributed by atoms with Crippen molar-refractivity contribution in [2.75, 3.05) is 18.0 Å². The fourth-order valence-electron chi connectivity index (χ4n) is 4.05. The van der Waals surface area contributed by atoms with Crippen molar-refractivity contribution in [3.8, 4) is 5.75 Å².